The molecule has 2 aromatic heterocycles. The minimum absolute atomic E-state index is 0.0142. The van der Waals surface area contributed by atoms with Gasteiger partial charge in [0.1, 0.15) is 29.6 Å². The Bertz CT molecular complexity index is 1170. The number of hydrogen-bond acceptors (Lipinski definition) is 7. The monoisotopic (exact) mass is 394 g/mol. The topological polar surface area (TPSA) is 127 Å². The van der Waals surface area contributed by atoms with E-state index in [0.29, 0.717) is 5.69 Å². The fourth-order valence-corrected chi connectivity index (χ4v) is 2.85. The van der Waals surface area contributed by atoms with Crippen molar-refractivity contribution < 1.29 is 18.7 Å². The van der Waals surface area contributed by atoms with Crippen molar-refractivity contribution in [3.05, 3.63) is 57.8 Å². The number of aryl methyl sites for hydroxylation is 1. The van der Waals surface area contributed by atoms with E-state index in [2.05, 4.69) is 10.3 Å². The molecular weight excluding hydrogens is 376 g/mol. The van der Waals surface area contributed by atoms with Crippen LogP contribution < -0.4 is 10.9 Å². The fraction of sp³-hybridized carbons (Fsp3) is 0.250. The lowest BCUT2D eigenvalue weighted by Gasteiger charge is -2.08. The third-order valence-corrected chi connectivity index (χ3v) is 4.17. The second kappa shape index (κ2) is 8.39. The molecule has 3 rings (SSSR count). The number of nitriles is 1. The summed E-state index contributed by atoms with van der Waals surface area (Å²) in [6.07, 6.45) is 1.47. The molecule has 0 fully saturated rings. The van der Waals surface area contributed by atoms with E-state index in [0.717, 1.165) is 10.1 Å². The summed E-state index contributed by atoms with van der Waals surface area (Å²) in [4.78, 5) is 41.4. The van der Waals surface area contributed by atoms with E-state index in [1.54, 1.807) is 38.1 Å². The largest absolute Gasteiger partial charge is 0.462 e. The number of amides is 1. The molecule has 3 aromatic rings. The van der Waals surface area contributed by atoms with Crippen LogP contribution in [0, 0.1) is 18.3 Å². The van der Waals surface area contributed by atoms with Crippen molar-refractivity contribution in [3.8, 4) is 6.07 Å². The van der Waals surface area contributed by atoms with E-state index >= 15 is 0 Å². The lowest BCUT2D eigenvalue weighted by molar-refractivity contribution is -0.116. The molecule has 1 N–H and O–H groups in total. The lowest BCUT2D eigenvalue weighted by Crippen LogP contribution is -2.28. The summed E-state index contributed by atoms with van der Waals surface area (Å²) in [5.41, 5.74) is 0.820. The van der Waals surface area contributed by atoms with E-state index in [1.807, 2.05) is 6.07 Å². The number of furan rings is 1. The molecule has 0 saturated heterocycles. The Hall–Kier alpha value is -3.93. The predicted octanol–water partition coefficient (Wildman–Crippen LogP) is 2.18. The molecule has 0 unspecified atom stereocenters. The number of benzene rings is 1. The van der Waals surface area contributed by atoms with Gasteiger partial charge in [-0.2, -0.15) is 5.26 Å². The minimum Gasteiger partial charge on any atom is -0.462 e. The highest BCUT2D eigenvalue weighted by Crippen LogP contribution is 2.21. The molecule has 0 aliphatic heterocycles. The molecule has 9 heteroatoms. The number of rotatable bonds is 6. The number of fused-ring (bicyclic) bond motifs is 1. The Labute approximate surface area is 165 Å². The smallest absolute Gasteiger partial charge is 0.342 e. The Morgan fingerprint density at radius 2 is 2.03 bits per heavy atom. The van der Waals surface area contributed by atoms with Gasteiger partial charge >= 0.3 is 5.97 Å². The molecule has 0 saturated carbocycles. The average Bonchev–Trinajstić information content (AvgIpc) is 3.03. The van der Waals surface area contributed by atoms with Crippen LogP contribution in [0.1, 0.15) is 28.6 Å². The summed E-state index contributed by atoms with van der Waals surface area (Å²) in [7, 11) is 0. The molecular formula is C20H18N4O5. The highest BCUT2D eigenvalue weighted by atomic mass is 16.5. The molecule has 0 aliphatic rings. The Balaban J connectivity index is 1.84. The third kappa shape index (κ3) is 4.16. The Kier molecular flexibility index (Phi) is 5.74. The first-order valence-corrected chi connectivity index (χ1v) is 8.86. The number of anilines is 1. The number of ether oxygens (including phenoxy) is 1. The van der Waals surface area contributed by atoms with Crippen LogP contribution in [0.3, 0.4) is 0 Å². The summed E-state index contributed by atoms with van der Waals surface area (Å²) in [5, 5.41) is 11.3. The Morgan fingerprint density at radius 1 is 1.31 bits per heavy atom. The molecule has 2 heterocycles. The molecule has 29 heavy (non-hydrogen) atoms. The van der Waals surface area contributed by atoms with Gasteiger partial charge in [0, 0.05) is 5.69 Å². The first-order chi connectivity index (χ1) is 13.9. The molecule has 1 aromatic carbocycles. The average molecular weight is 394 g/mol. The standard InChI is InChI=1S/C20H18N4O5/c1-3-28-20(27)16-12(2)29-18-17(16)19(26)24(11-22-18)10-15(25)23-14-6-4-13(5-7-14)8-9-21/h4-7,11H,3,8,10H2,1-2H3,(H,23,25). The number of hydrogen-bond donors (Lipinski definition) is 1. The molecule has 148 valence electrons. The SMILES string of the molecule is CCOC(=O)c1c(C)oc2ncn(CC(=O)Nc3ccc(CC#N)cc3)c(=O)c12. The zero-order valence-electron chi connectivity index (χ0n) is 15.9. The highest BCUT2D eigenvalue weighted by molar-refractivity contribution is 6.03. The van der Waals surface area contributed by atoms with Gasteiger partial charge in [-0.15, -0.1) is 0 Å². The van der Waals surface area contributed by atoms with Crippen molar-refractivity contribution in [2.75, 3.05) is 11.9 Å². The first-order valence-electron chi connectivity index (χ1n) is 8.86. The summed E-state index contributed by atoms with van der Waals surface area (Å²) in [6, 6.07) is 8.86. The van der Waals surface area contributed by atoms with Crippen LogP contribution >= 0.6 is 0 Å². The molecule has 0 aliphatic carbocycles. The van der Waals surface area contributed by atoms with Crippen molar-refractivity contribution >= 4 is 28.7 Å². The third-order valence-electron chi connectivity index (χ3n) is 4.17. The lowest BCUT2D eigenvalue weighted by atomic mass is 10.1. The van der Waals surface area contributed by atoms with E-state index < -0.39 is 17.4 Å². The van der Waals surface area contributed by atoms with Crippen molar-refractivity contribution in [1.82, 2.24) is 9.55 Å². The van der Waals surface area contributed by atoms with Crippen molar-refractivity contribution in [2.45, 2.75) is 26.8 Å². The second-order valence-corrected chi connectivity index (χ2v) is 6.19. The maximum absolute atomic E-state index is 12.8. The summed E-state index contributed by atoms with van der Waals surface area (Å²) >= 11 is 0. The summed E-state index contributed by atoms with van der Waals surface area (Å²) in [6.45, 7) is 3.05. The maximum Gasteiger partial charge on any atom is 0.342 e. The van der Waals surface area contributed by atoms with Crippen LogP contribution in [0.4, 0.5) is 5.69 Å². The van der Waals surface area contributed by atoms with E-state index in [1.165, 1.54) is 6.33 Å². The number of nitrogens with one attached hydrogen (secondary N) is 1. The van der Waals surface area contributed by atoms with Crippen molar-refractivity contribution in [2.24, 2.45) is 0 Å². The van der Waals surface area contributed by atoms with Gasteiger partial charge < -0.3 is 14.5 Å². The summed E-state index contributed by atoms with van der Waals surface area (Å²) < 4.78 is 11.5. The van der Waals surface area contributed by atoms with E-state index in [9.17, 15) is 14.4 Å². The quantitative estimate of drug-likeness (QED) is 0.635. The zero-order valence-corrected chi connectivity index (χ0v) is 15.9. The van der Waals surface area contributed by atoms with Crippen molar-refractivity contribution in [3.63, 3.8) is 0 Å². The number of carbonyl (C=O) groups excluding carboxylic acids is 2. The Morgan fingerprint density at radius 3 is 2.69 bits per heavy atom. The predicted molar refractivity (Wildman–Crippen MR) is 103 cm³/mol. The van der Waals surface area contributed by atoms with Gasteiger partial charge in [0.2, 0.25) is 11.6 Å². The molecule has 0 spiro atoms. The van der Waals surface area contributed by atoms with Crippen LogP contribution in [-0.2, 0) is 22.5 Å². The van der Waals surface area contributed by atoms with Crippen LogP contribution in [0.5, 0.6) is 0 Å². The highest BCUT2D eigenvalue weighted by Gasteiger charge is 2.24. The summed E-state index contributed by atoms with van der Waals surface area (Å²) in [5.74, 6) is -0.899. The second-order valence-electron chi connectivity index (χ2n) is 6.19. The van der Waals surface area contributed by atoms with Gasteiger partial charge in [0.05, 0.1) is 19.1 Å². The number of esters is 1. The van der Waals surface area contributed by atoms with E-state index in [-0.39, 0.29) is 42.0 Å². The van der Waals surface area contributed by atoms with Crippen LogP contribution in [-0.4, -0.2) is 28.0 Å². The normalized spacial score (nSPS) is 10.5. The molecule has 0 bridgehead atoms. The number of aromatic nitrogens is 2. The molecule has 0 atom stereocenters. The van der Waals surface area contributed by atoms with Gasteiger partial charge in [-0.1, -0.05) is 12.1 Å². The van der Waals surface area contributed by atoms with Gasteiger partial charge in [-0.05, 0) is 31.5 Å². The van der Waals surface area contributed by atoms with Gasteiger partial charge in [0.15, 0.2) is 0 Å². The molecule has 9 nitrogen and oxygen atoms in total. The van der Waals surface area contributed by atoms with Crippen LogP contribution in [0.25, 0.3) is 11.1 Å². The van der Waals surface area contributed by atoms with Gasteiger partial charge in [-0.25, -0.2) is 9.78 Å². The van der Waals surface area contributed by atoms with Gasteiger partial charge in [0.25, 0.3) is 5.56 Å². The number of carbonyl (C=O) groups is 2. The number of nitrogens with zero attached hydrogens (tertiary/aromatic N) is 3. The minimum atomic E-state index is -0.678. The first kappa shape index (κ1) is 19.8. The maximum atomic E-state index is 12.8. The van der Waals surface area contributed by atoms with Crippen molar-refractivity contribution in [1.29, 1.82) is 5.26 Å². The zero-order chi connectivity index (χ0) is 21.0. The van der Waals surface area contributed by atoms with Crippen LogP contribution in [0.2, 0.25) is 0 Å². The molecule has 1 amide bonds. The van der Waals surface area contributed by atoms with Crippen LogP contribution in [0.15, 0.2) is 39.8 Å². The molecule has 0 radical (unpaired) electrons. The fourth-order valence-electron chi connectivity index (χ4n) is 2.85. The van der Waals surface area contributed by atoms with E-state index in [4.69, 9.17) is 14.4 Å². The van der Waals surface area contributed by atoms with Gasteiger partial charge in [-0.3, -0.25) is 14.2 Å².